The lowest BCUT2D eigenvalue weighted by atomic mass is 9.89. The molecule has 0 bridgehead atoms. The van der Waals surface area contributed by atoms with E-state index in [-0.39, 0.29) is 0 Å². The molecule has 16 heavy (non-hydrogen) atoms. The van der Waals surface area contributed by atoms with Crippen LogP contribution in [-0.2, 0) is 6.54 Å². The molecule has 0 saturated heterocycles. The molecule has 4 heteroatoms. The molecule has 1 aliphatic rings. The van der Waals surface area contributed by atoms with Crippen LogP contribution >= 0.6 is 38.9 Å². The number of thiophene rings is 1. The molecule has 0 atom stereocenters. The molecule has 90 valence electrons. The van der Waals surface area contributed by atoms with Crippen molar-refractivity contribution in [2.24, 2.45) is 5.41 Å². The Morgan fingerprint density at radius 3 is 2.75 bits per heavy atom. The zero-order valence-electron chi connectivity index (χ0n) is 9.48. The van der Waals surface area contributed by atoms with Gasteiger partial charge in [-0.25, -0.2) is 0 Å². The van der Waals surface area contributed by atoms with E-state index in [9.17, 15) is 0 Å². The summed E-state index contributed by atoms with van der Waals surface area (Å²) < 4.78 is 1.87. The lowest BCUT2D eigenvalue weighted by Gasteiger charge is -2.23. The van der Waals surface area contributed by atoms with Crippen molar-refractivity contribution >= 4 is 38.9 Å². The second-order valence-electron chi connectivity index (χ2n) is 4.96. The maximum atomic E-state index is 6.01. The van der Waals surface area contributed by atoms with Crippen LogP contribution in [0.1, 0.15) is 37.5 Å². The van der Waals surface area contributed by atoms with E-state index in [1.807, 2.05) is 0 Å². The number of halogens is 2. The van der Waals surface area contributed by atoms with Gasteiger partial charge in [0, 0.05) is 22.4 Å². The van der Waals surface area contributed by atoms with Crippen LogP contribution in [0.25, 0.3) is 0 Å². The molecule has 0 unspecified atom stereocenters. The molecule has 1 aromatic rings. The minimum atomic E-state index is 0.526. The van der Waals surface area contributed by atoms with Gasteiger partial charge in [-0.2, -0.15) is 0 Å². The third kappa shape index (κ3) is 3.22. The van der Waals surface area contributed by atoms with Crippen molar-refractivity contribution in [1.29, 1.82) is 0 Å². The van der Waals surface area contributed by atoms with Gasteiger partial charge in [0.05, 0.1) is 0 Å². The summed E-state index contributed by atoms with van der Waals surface area (Å²) in [6.07, 6.45) is 5.53. The van der Waals surface area contributed by atoms with Gasteiger partial charge in [0.2, 0.25) is 0 Å². The van der Waals surface area contributed by atoms with E-state index >= 15 is 0 Å². The van der Waals surface area contributed by atoms with E-state index in [1.54, 1.807) is 11.3 Å². The number of nitrogens with one attached hydrogen (secondary N) is 1. The highest BCUT2D eigenvalue weighted by Gasteiger charge is 2.27. The van der Waals surface area contributed by atoms with Crippen molar-refractivity contribution in [2.75, 3.05) is 6.54 Å². The maximum absolute atomic E-state index is 6.01. The first-order valence-electron chi connectivity index (χ1n) is 5.73. The molecule has 1 aromatic heterocycles. The molecule has 1 saturated carbocycles. The van der Waals surface area contributed by atoms with E-state index in [1.165, 1.54) is 30.6 Å². The standard InChI is InChI=1S/C12H17BrClNS/c1-12(4-2-3-5-12)8-15-7-9-6-10(13)11(14)16-9/h6,15H,2-5,7-8H2,1H3. The number of hydrogen-bond acceptors (Lipinski definition) is 2. The molecule has 2 rings (SSSR count). The first-order chi connectivity index (χ1) is 7.59. The monoisotopic (exact) mass is 321 g/mol. The van der Waals surface area contributed by atoms with Crippen molar-refractivity contribution in [3.63, 3.8) is 0 Å². The SMILES string of the molecule is CC1(CNCc2cc(Br)c(Cl)s2)CCCC1. The lowest BCUT2D eigenvalue weighted by Crippen LogP contribution is -2.28. The van der Waals surface area contributed by atoms with Crippen LogP contribution in [0.2, 0.25) is 4.34 Å². The van der Waals surface area contributed by atoms with E-state index in [0.717, 1.165) is 21.9 Å². The fourth-order valence-electron chi connectivity index (χ4n) is 2.37. The van der Waals surface area contributed by atoms with Gasteiger partial charge in [-0.15, -0.1) is 11.3 Å². The molecule has 1 N–H and O–H groups in total. The number of rotatable bonds is 4. The summed E-state index contributed by atoms with van der Waals surface area (Å²) in [5.74, 6) is 0. The Kier molecular flexibility index (Phi) is 4.33. The highest BCUT2D eigenvalue weighted by atomic mass is 79.9. The molecular weight excluding hydrogens is 306 g/mol. The van der Waals surface area contributed by atoms with Crippen LogP contribution in [-0.4, -0.2) is 6.54 Å². The summed E-state index contributed by atoms with van der Waals surface area (Å²) in [5, 5.41) is 3.56. The minimum Gasteiger partial charge on any atom is -0.311 e. The van der Waals surface area contributed by atoms with E-state index in [4.69, 9.17) is 11.6 Å². The van der Waals surface area contributed by atoms with Gasteiger partial charge >= 0.3 is 0 Å². The van der Waals surface area contributed by atoms with Crippen LogP contribution < -0.4 is 5.32 Å². The molecule has 1 fully saturated rings. The summed E-state index contributed by atoms with van der Waals surface area (Å²) in [6, 6.07) is 2.11. The fraction of sp³-hybridized carbons (Fsp3) is 0.667. The average molecular weight is 323 g/mol. The van der Waals surface area contributed by atoms with Crippen LogP contribution in [0, 0.1) is 5.41 Å². The molecule has 1 aliphatic carbocycles. The van der Waals surface area contributed by atoms with Gasteiger partial charge < -0.3 is 5.32 Å². The van der Waals surface area contributed by atoms with E-state index in [2.05, 4.69) is 34.2 Å². The predicted molar refractivity (Wildman–Crippen MR) is 75.3 cm³/mol. The Morgan fingerprint density at radius 2 is 2.19 bits per heavy atom. The zero-order valence-corrected chi connectivity index (χ0v) is 12.6. The topological polar surface area (TPSA) is 12.0 Å². The van der Waals surface area contributed by atoms with Gasteiger partial charge in [0.15, 0.2) is 0 Å². The first-order valence-corrected chi connectivity index (χ1v) is 7.72. The average Bonchev–Trinajstić information content (AvgIpc) is 2.76. The summed E-state index contributed by atoms with van der Waals surface area (Å²) in [5.41, 5.74) is 0.526. The Balaban J connectivity index is 1.79. The molecule has 1 heterocycles. The number of hydrogen-bond donors (Lipinski definition) is 1. The summed E-state index contributed by atoms with van der Waals surface area (Å²) in [4.78, 5) is 1.30. The minimum absolute atomic E-state index is 0.526. The van der Waals surface area contributed by atoms with Crippen molar-refractivity contribution in [3.05, 3.63) is 19.8 Å². The summed E-state index contributed by atoms with van der Waals surface area (Å²) in [7, 11) is 0. The predicted octanol–water partition coefficient (Wildman–Crippen LogP) is 4.83. The van der Waals surface area contributed by atoms with Crippen LogP contribution in [0.5, 0.6) is 0 Å². The van der Waals surface area contributed by atoms with E-state index in [0.29, 0.717) is 5.41 Å². The van der Waals surface area contributed by atoms with E-state index < -0.39 is 0 Å². The Morgan fingerprint density at radius 1 is 1.50 bits per heavy atom. The van der Waals surface area contributed by atoms with Crippen LogP contribution in [0.15, 0.2) is 10.5 Å². The Labute approximate surface area is 115 Å². The molecule has 0 spiro atoms. The van der Waals surface area contributed by atoms with Gasteiger partial charge in [0.1, 0.15) is 4.34 Å². The third-order valence-electron chi connectivity index (χ3n) is 3.36. The van der Waals surface area contributed by atoms with Gasteiger partial charge in [-0.1, -0.05) is 31.4 Å². The zero-order chi connectivity index (χ0) is 11.6. The van der Waals surface area contributed by atoms with Crippen LogP contribution in [0.4, 0.5) is 0 Å². The molecular formula is C12H17BrClNS. The molecule has 1 nitrogen and oxygen atoms in total. The van der Waals surface area contributed by atoms with Crippen LogP contribution in [0.3, 0.4) is 0 Å². The van der Waals surface area contributed by atoms with Gasteiger partial charge in [-0.3, -0.25) is 0 Å². The van der Waals surface area contributed by atoms with Crippen molar-refractivity contribution < 1.29 is 0 Å². The van der Waals surface area contributed by atoms with Crippen molar-refractivity contribution in [2.45, 2.75) is 39.2 Å². The molecule has 0 radical (unpaired) electrons. The second-order valence-corrected chi connectivity index (χ2v) is 7.55. The highest BCUT2D eigenvalue weighted by molar-refractivity contribution is 9.10. The maximum Gasteiger partial charge on any atom is 0.107 e. The summed E-state index contributed by atoms with van der Waals surface area (Å²) >= 11 is 11.1. The molecule has 0 aliphatic heterocycles. The lowest BCUT2D eigenvalue weighted by molar-refractivity contribution is 0.315. The smallest absolute Gasteiger partial charge is 0.107 e. The molecule has 0 aromatic carbocycles. The Hall–Kier alpha value is 0.430. The Bertz CT molecular complexity index is 338. The normalized spacial score (nSPS) is 19.2. The van der Waals surface area contributed by atoms with Gasteiger partial charge in [-0.05, 0) is 40.3 Å². The van der Waals surface area contributed by atoms with Crippen molar-refractivity contribution in [3.8, 4) is 0 Å². The quantitative estimate of drug-likeness (QED) is 0.837. The largest absolute Gasteiger partial charge is 0.311 e. The van der Waals surface area contributed by atoms with Gasteiger partial charge in [0.25, 0.3) is 0 Å². The first kappa shape index (κ1) is 12.9. The third-order valence-corrected chi connectivity index (χ3v) is 5.83. The fourth-order valence-corrected chi connectivity index (χ4v) is 4.13. The van der Waals surface area contributed by atoms with Crippen molar-refractivity contribution in [1.82, 2.24) is 5.32 Å². The summed E-state index contributed by atoms with van der Waals surface area (Å²) in [6.45, 7) is 4.45. The molecule has 0 amide bonds. The second kappa shape index (κ2) is 5.38. The highest BCUT2D eigenvalue weighted by Crippen LogP contribution is 2.37.